The fourth-order valence-electron chi connectivity index (χ4n) is 1.98. The van der Waals surface area contributed by atoms with Gasteiger partial charge in [0.05, 0.1) is 13.2 Å². The van der Waals surface area contributed by atoms with Gasteiger partial charge in [-0.15, -0.1) is 0 Å². The van der Waals surface area contributed by atoms with Crippen molar-refractivity contribution in [1.29, 1.82) is 0 Å². The normalized spacial score (nSPS) is 13.6. The molecular weight excluding hydrogens is 252 g/mol. The Morgan fingerprint density at radius 2 is 1.90 bits per heavy atom. The maximum absolute atomic E-state index is 11.9. The fraction of sp³-hybridized carbons (Fsp3) is 0.562. The molecule has 0 bridgehead atoms. The first kappa shape index (κ1) is 16.5. The van der Waals surface area contributed by atoms with Crippen LogP contribution in [0.3, 0.4) is 0 Å². The number of methoxy groups -OCH3 is 1. The number of rotatable bonds is 8. The van der Waals surface area contributed by atoms with Gasteiger partial charge in [0.25, 0.3) is 0 Å². The molecule has 112 valence electrons. The summed E-state index contributed by atoms with van der Waals surface area (Å²) in [6.07, 6.45) is 2.11. The van der Waals surface area contributed by atoms with E-state index in [1.165, 1.54) is 0 Å². The lowest BCUT2D eigenvalue weighted by molar-refractivity contribution is -0.122. The summed E-state index contributed by atoms with van der Waals surface area (Å²) in [6, 6.07) is 7.80. The molecule has 1 rings (SSSR count). The molecule has 0 saturated heterocycles. The van der Waals surface area contributed by atoms with Crippen molar-refractivity contribution in [2.24, 2.45) is 0 Å². The van der Waals surface area contributed by atoms with E-state index in [9.17, 15) is 4.79 Å². The summed E-state index contributed by atoms with van der Waals surface area (Å²) >= 11 is 0. The average molecular weight is 278 g/mol. The van der Waals surface area contributed by atoms with Crippen molar-refractivity contribution in [3.05, 3.63) is 29.8 Å². The van der Waals surface area contributed by atoms with Crippen LogP contribution in [0.2, 0.25) is 0 Å². The summed E-state index contributed by atoms with van der Waals surface area (Å²) in [5.41, 5.74) is 1.14. The fourth-order valence-corrected chi connectivity index (χ4v) is 1.98. The van der Waals surface area contributed by atoms with Gasteiger partial charge in [-0.1, -0.05) is 25.5 Å². The Morgan fingerprint density at radius 1 is 1.25 bits per heavy atom. The van der Waals surface area contributed by atoms with Crippen molar-refractivity contribution in [3.63, 3.8) is 0 Å². The molecule has 2 N–H and O–H groups in total. The van der Waals surface area contributed by atoms with Gasteiger partial charge in [0.1, 0.15) is 5.75 Å². The molecule has 20 heavy (non-hydrogen) atoms. The van der Waals surface area contributed by atoms with Crippen LogP contribution in [0, 0.1) is 0 Å². The number of benzene rings is 1. The molecule has 1 amide bonds. The number of amides is 1. The number of hydrogen-bond acceptors (Lipinski definition) is 3. The van der Waals surface area contributed by atoms with Crippen LogP contribution in [0.15, 0.2) is 24.3 Å². The van der Waals surface area contributed by atoms with Crippen LogP contribution < -0.4 is 15.4 Å². The van der Waals surface area contributed by atoms with Crippen molar-refractivity contribution in [2.75, 3.05) is 13.7 Å². The molecule has 2 atom stereocenters. The molecule has 1 aromatic carbocycles. The molecule has 0 spiro atoms. The predicted octanol–water partition coefficient (Wildman–Crippen LogP) is 2.65. The first-order valence-electron chi connectivity index (χ1n) is 7.26. The molecule has 0 fully saturated rings. The summed E-state index contributed by atoms with van der Waals surface area (Å²) in [6.45, 7) is 6.80. The number of carbonyl (C=O) groups is 1. The molecule has 4 nitrogen and oxygen atoms in total. The van der Waals surface area contributed by atoms with Crippen molar-refractivity contribution in [2.45, 2.75) is 45.7 Å². The lowest BCUT2D eigenvalue weighted by atomic mass is 10.1. The van der Waals surface area contributed by atoms with Gasteiger partial charge in [0.2, 0.25) is 5.91 Å². The van der Waals surface area contributed by atoms with Gasteiger partial charge in [-0.25, -0.2) is 0 Å². The highest BCUT2D eigenvalue weighted by Crippen LogP contribution is 2.17. The Morgan fingerprint density at radius 3 is 2.45 bits per heavy atom. The van der Waals surface area contributed by atoms with Crippen LogP contribution in [-0.4, -0.2) is 25.6 Å². The molecule has 0 aliphatic rings. The third kappa shape index (κ3) is 5.21. The zero-order valence-electron chi connectivity index (χ0n) is 12.9. The van der Waals surface area contributed by atoms with Gasteiger partial charge in [-0.05, 0) is 38.0 Å². The van der Waals surface area contributed by atoms with E-state index >= 15 is 0 Å². The predicted molar refractivity (Wildman–Crippen MR) is 81.9 cm³/mol. The van der Waals surface area contributed by atoms with E-state index in [0.717, 1.165) is 30.7 Å². The van der Waals surface area contributed by atoms with Crippen molar-refractivity contribution in [1.82, 2.24) is 10.6 Å². The van der Waals surface area contributed by atoms with E-state index in [4.69, 9.17) is 4.74 Å². The number of carbonyl (C=O) groups excluding carboxylic acids is 1. The number of nitrogens with one attached hydrogen (secondary N) is 2. The molecule has 4 heteroatoms. The second-order valence-corrected chi connectivity index (χ2v) is 5.03. The minimum atomic E-state index is -0.205. The summed E-state index contributed by atoms with van der Waals surface area (Å²) in [7, 11) is 1.65. The highest BCUT2D eigenvalue weighted by atomic mass is 16.5. The Labute approximate surface area is 121 Å². The van der Waals surface area contributed by atoms with Gasteiger partial charge in [0.15, 0.2) is 0 Å². The molecule has 0 aliphatic carbocycles. The third-order valence-corrected chi connectivity index (χ3v) is 3.34. The van der Waals surface area contributed by atoms with Crippen molar-refractivity contribution in [3.8, 4) is 5.75 Å². The molecule has 0 saturated carbocycles. The molecule has 0 heterocycles. The Kier molecular flexibility index (Phi) is 7.09. The maximum atomic E-state index is 11.9. The first-order valence-corrected chi connectivity index (χ1v) is 7.26. The van der Waals surface area contributed by atoms with Gasteiger partial charge in [-0.3, -0.25) is 10.1 Å². The van der Waals surface area contributed by atoms with Crippen LogP contribution in [0.1, 0.15) is 45.2 Å². The smallest absolute Gasteiger partial charge is 0.236 e. The molecule has 0 radical (unpaired) electrons. The molecule has 0 aromatic heterocycles. The largest absolute Gasteiger partial charge is 0.497 e. The van der Waals surface area contributed by atoms with Crippen LogP contribution in [0.4, 0.5) is 0 Å². The van der Waals surface area contributed by atoms with Gasteiger partial charge < -0.3 is 10.1 Å². The number of hydrogen-bond donors (Lipinski definition) is 2. The second-order valence-electron chi connectivity index (χ2n) is 5.03. The van der Waals surface area contributed by atoms with E-state index in [2.05, 4.69) is 24.5 Å². The highest BCUT2D eigenvalue weighted by molar-refractivity contribution is 5.81. The Bertz CT molecular complexity index is 403. The van der Waals surface area contributed by atoms with E-state index in [1.54, 1.807) is 7.11 Å². The number of ether oxygens (including phenoxy) is 1. The quantitative estimate of drug-likeness (QED) is 0.719. The minimum Gasteiger partial charge on any atom is -0.497 e. The molecule has 0 aliphatic heterocycles. The van der Waals surface area contributed by atoms with E-state index in [1.807, 2.05) is 31.2 Å². The standard InChI is InChI=1S/C16H26N2O2/c1-5-6-11-17-16(19)13(3)18-12(2)14-7-9-15(20-4)10-8-14/h7-10,12-13,18H,5-6,11H2,1-4H3,(H,17,19)/t12-,13?/m1/s1. The van der Waals surface area contributed by atoms with Gasteiger partial charge >= 0.3 is 0 Å². The Balaban J connectivity index is 2.47. The topological polar surface area (TPSA) is 50.4 Å². The van der Waals surface area contributed by atoms with E-state index in [-0.39, 0.29) is 18.0 Å². The molecule has 1 aromatic rings. The zero-order chi connectivity index (χ0) is 15.0. The zero-order valence-corrected chi connectivity index (χ0v) is 12.9. The van der Waals surface area contributed by atoms with Crippen molar-refractivity contribution < 1.29 is 9.53 Å². The SMILES string of the molecule is CCCCNC(=O)C(C)N[C@H](C)c1ccc(OC)cc1. The van der Waals surface area contributed by atoms with Crippen molar-refractivity contribution >= 4 is 5.91 Å². The number of unbranched alkanes of at least 4 members (excludes halogenated alkanes) is 1. The second kappa shape index (κ2) is 8.59. The lowest BCUT2D eigenvalue weighted by Gasteiger charge is -2.20. The Hall–Kier alpha value is -1.55. The minimum absolute atomic E-state index is 0.0545. The van der Waals surface area contributed by atoms with Crippen LogP contribution in [0.25, 0.3) is 0 Å². The summed E-state index contributed by atoms with van der Waals surface area (Å²) in [5, 5.41) is 6.24. The monoisotopic (exact) mass is 278 g/mol. The van der Waals surface area contributed by atoms with Gasteiger partial charge in [0, 0.05) is 12.6 Å². The highest BCUT2D eigenvalue weighted by Gasteiger charge is 2.15. The summed E-state index contributed by atoms with van der Waals surface area (Å²) in [4.78, 5) is 11.9. The van der Waals surface area contributed by atoms with Crippen LogP contribution >= 0.6 is 0 Å². The first-order chi connectivity index (χ1) is 9.58. The summed E-state index contributed by atoms with van der Waals surface area (Å²) < 4.78 is 5.14. The van der Waals surface area contributed by atoms with E-state index in [0.29, 0.717) is 0 Å². The molecule has 1 unspecified atom stereocenters. The van der Waals surface area contributed by atoms with Gasteiger partial charge in [-0.2, -0.15) is 0 Å². The lowest BCUT2D eigenvalue weighted by Crippen LogP contribution is -2.43. The summed E-state index contributed by atoms with van der Waals surface area (Å²) in [5.74, 6) is 0.894. The third-order valence-electron chi connectivity index (χ3n) is 3.34. The average Bonchev–Trinajstić information content (AvgIpc) is 2.47. The molecular formula is C16H26N2O2. The maximum Gasteiger partial charge on any atom is 0.236 e. The van der Waals surface area contributed by atoms with Crippen LogP contribution in [-0.2, 0) is 4.79 Å². The van der Waals surface area contributed by atoms with E-state index < -0.39 is 0 Å². The van der Waals surface area contributed by atoms with Crippen LogP contribution in [0.5, 0.6) is 5.75 Å².